The van der Waals surface area contributed by atoms with E-state index in [0.717, 1.165) is 27.4 Å². The molecule has 2 aromatic heterocycles. The number of aryl methyl sites for hydroxylation is 2. The molecule has 0 unspecified atom stereocenters. The van der Waals surface area contributed by atoms with Crippen LogP contribution in [0.15, 0.2) is 63.2 Å². The first-order chi connectivity index (χ1) is 13.0. The summed E-state index contributed by atoms with van der Waals surface area (Å²) in [4.78, 5) is 12.0. The number of fused-ring (bicyclic) bond motifs is 1. The molecule has 2 aromatic carbocycles. The Morgan fingerprint density at radius 1 is 1.19 bits per heavy atom. The van der Waals surface area contributed by atoms with Gasteiger partial charge in [0.25, 0.3) is 0 Å². The van der Waals surface area contributed by atoms with Gasteiger partial charge in [0.1, 0.15) is 17.7 Å². The number of thioether (sulfide) groups is 1. The van der Waals surface area contributed by atoms with Crippen LogP contribution < -0.4 is 5.63 Å². The lowest BCUT2D eigenvalue weighted by atomic mass is 10.1. The van der Waals surface area contributed by atoms with Gasteiger partial charge in [-0.05, 0) is 43.2 Å². The first kappa shape index (κ1) is 17.4. The third kappa shape index (κ3) is 3.21. The molecule has 4 aromatic rings. The Kier molecular flexibility index (Phi) is 4.45. The monoisotopic (exact) mass is 379 g/mol. The summed E-state index contributed by atoms with van der Waals surface area (Å²) in [6.45, 7) is 3.77. The van der Waals surface area contributed by atoms with Crippen LogP contribution >= 0.6 is 11.8 Å². The van der Waals surface area contributed by atoms with Crippen LogP contribution in [0.25, 0.3) is 16.7 Å². The van der Waals surface area contributed by atoms with E-state index in [2.05, 4.69) is 10.2 Å². The largest absolute Gasteiger partial charge is 0.508 e. The molecule has 0 aliphatic heterocycles. The van der Waals surface area contributed by atoms with Crippen LogP contribution in [0.3, 0.4) is 0 Å². The highest BCUT2D eigenvalue weighted by Gasteiger charge is 2.13. The van der Waals surface area contributed by atoms with Crippen LogP contribution in [0.5, 0.6) is 5.75 Å². The Morgan fingerprint density at radius 2 is 2.00 bits per heavy atom. The van der Waals surface area contributed by atoms with E-state index in [1.807, 2.05) is 35.8 Å². The minimum atomic E-state index is -0.438. The Hall–Kier alpha value is -3.06. The first-order valence-electron chi connectivity index (χ1n) is 8.38. The van der Waals surface area contributed by atoms with Gasteiger partial charge in [-0.15, -0.1) is 10.2 Å². The molecule has 0 aliphatic rings. The fourth-order valence-corrected chi connectivity index (χ4v) is 3.91. The van der Waals surface area contributed by atoms with Crippen LogP contribution in [0, 0.1) is 13.8 Å². The minimum Gasteiger partial charge on any atom is -0.508 e. The molecular formula is C20H17N3O3S. The quantitative estimate of drug-likeness (QED) is 0.427. The maximum Gasteiger partial charge on any atom is 0.336 e. The van der Waals surface area contributed by atoms with Crippen molar-refractivity contribution in [1.29, 1.82) is 0 Å². The van der Waals surface area contributed by atoms with Gasteiger partial charge in [0.2, 0.25) is 0 Å². The highest BCUT2D eigenvalue weighted by Crippen LogP contribution is 2.31. The lowest BCUT2D eigenvalue weighted by Crippen LogP contribution is -2.02. The zero-order valence-corrected chi connectivity index (χ0v) is 15.7. The summed E-state index contributed by atoms with van der Waals surface area (Å²) in [6, 6.07) is 12.9. The maximum atomic E-state index is 12.0. The van der Waals surface area contributed by atoms with Gasteiger partial charge < -0.3 is 9.52 Å². The van der Waals surface area contributed by atoms with Crippen LogP contribution in [-0.2, 0) is 5.75 Å². The standard InChI is InChI=1S/C20H17N3O3S/c1-12-5-3-4-6-16(12)23-11-21-22-20(23)27-10-14-9-18(25)26-19-13(2)17(24)8-7-15(14)19/h3-9,11,24H,10H2,1-2H3. The fourth-order valence-electron chi connectivity index (χ4n) is 3.00. The average molecular weight is 379 g/mol. The molecule has 0 bridgehead atoms. The summed E-state index contributed by atoms with van der Waals surface area (Å²) in [7, 11) is 0. The summed E-state index contributed by atoms with van der Waals surface area (Å²) in [5.41, 5.74) is 3.50. The van der Waals surface area contributed by atoms with E-state index in [9.17, 15) is 9.90 Å². The van der Waals surface area contributed by atoms with Crippen molar-refractivity contribution in [2.45, 2.75) is 24.8 Å². The average Bonchev–Trinajstić information content (AvgIpc) is 3.12. The number of aromatic hydroxyl groups is 1. The van der Waals surface area contributed by atoms with Crippen LogP contribution in [0.4, 0.5) is 0 Å². The van der Waals surface area contributed by atoms with Crippen molar-refractivity contribution < 1.29 is 9.52 Å². The Labute approximate surface area is 159 Å². The van der Waals surface area contributed by atoms with Crippen LogP contribution in [0.2, 0.25) is 0 Å². The van der Waals surface area contributed by atoms with Crippen LogP contribution in [0.1, 0.15) is 16.7 Å². The molecule has 4 rings (SSSR count). The van der Waals surface area contributed by atoms with Gasteiger partial charge in [0, 0.05) is 22.8 Å². The molecule has 27 heavy (non-hydrogen) atoms. The number of nitrogens with zero attached hydrogens (tertiary/aromatic N) is 3. The Balaban J connectivity index is 1.70. The summed E-state index contributed by atoms with van der Waals surface area (Å²) in [6.07, 6.45) is 1.68. The molecule has 2 heterocycles. The topological polar surface area (TPSA) is 81.2 Å². The molecule has 1 N–H and O–H groups in total. The third-order valence-electron chi connectivity index (χ3n) is 4.47. The van der Waals surface area contributed by atoms with Gasteiger partial charge in [0.05, 0.1) is 5.69 Å². The van der Waals surface area contributed by atoms with Crippen molar-refractivity contribution >= 4 is 22.7 Å². The van der Waals surface area contributed by atoms with Crippen molar-refractivity contribution in [2.75, 3.05) is 0 Å². The summed E-state index contributed by atoms with van der Waals surface area (Å²) in [5, 5.41) is 19.7. The molecular weight excluding hydrogens is 362 g/mol. The van der Waals surface area contributed by atoms with Gasteiger partial charge in [-0.3, -0.25) is 4.57 Å². The molecule has 6 nitrogen and oxygen atoms in total. The number of aromatic nitrogens is 3. The SMILES string of the molecule is Cc1ccccc1-n1cnnc1SCc1cc(=O)oc2c(C)c(O)ccc12. The van der Waals surface area contributed by atoms with E-state index < -0.39 is 5.63 Å². The lowest BCUT2D eigenvalue weighted by molar-refractivity contribution is 0.468. The first-order valence-corrected chi connectivity index (χ1v) is 9.37. The van der Waals surface area contributed by atoms with Crippen molar-refractivity contribution in [3.63, 3.8) is 0 Å². The maximum absolute atomic E-state index is 12.0. The molecule has 0 radical (unpaired) electrons. The summed E-state index contributed by atoms with van der Waals surface area (Å²) >= 11 is 1.49. The summed E-state index contributed by atoms with van der Waals surface area (Å²) in [5.74, 6) is 0.631. The minimum absolute atomic E-state index is 0.106. The van der Waals surface area contributed by atoms with E-state index in [1.54, 1.807) is 25.4 Å². The molecule has 0 fully saturated rings. The van der Waals surface area contributed by atoms with Gasteiger partial charge in [0.15, 0.2) is 5.16 Å². The lowest BCUT2D eigenvalue weighted by Gasteiger charge is -2.10. The van der Waals surface area contributed by atoms with Crippen molar-refractivity contribution in [2.24, 2.45) is 0 Å². The number of phenolic OH excluding ortho intramolecular Hbond substituents is 1. The number of hydrogen-bond donors (Lipinski definition) is 1. The second-order valence-electron chi connectivity index (χ2n) is 6.24. The molecule has 0 saturated heterocycles. The Bertz CT molecular complexity index is 1200. The smallest absolute Gasteiger partial charge is 0.336 e. The van der Waals surface area contributed by atoms with Gasteiger partial charge >= 0.3 is 5.63 Å². The Morgan fingerprint density at radius 3 is 2.81 bits per heavy atom. The molecule has 0 saturated carbocycles. The molecule has 0 spiro atoms. The molecule has 0 atom stereocenters. The van der Waals surface area contributed by atoms with E-state index in [0.29, 0.717) is 16.9 Å². The van der Waals surface area contributed by atoms with Gasteiger partial charge in [-0.25, -0.2) is 4.79 Å². The predicted octanol–water partition coefficient (Wildman–Crippen LogP) is 3.99. The van der Waals surface area contributed by atoms with E-state index in [1.165, 1.54) is 17.8 Å². The highest BCUT2D eigenvalue weighted by molar-refractivity contribution is 7.98. The zero-order valence-electron chi connectivity index (χ0n) is 14.8. The van der Waals surface area contributed by atoms with Crippen molar-refractivity contribution in [3.05, 3.63) is 75.9 Å². The normalized spacial score (nSPS) is 11.2. The predicted molar refractivity (Wildman–Crippen MR) is 105 cm³/mol. The second kappa shape index (κ2) is 6.92. The fraction of sp³-hybridized carbons (Fsp3) is 0.150. The van der Waals surface area contributed by atoms with E-state index in [4.69, 9.17) is 4.42 Å². The van der Waals surface area contributed by atoms with E-state index >= 15 is 0 Å². The number of phenols is 1. The molecule has 0 amide bonds. The molecule has 136 valence electrons. The number of benzene rings is 2. The summed E-state index contributed by atoms with van der Waals surface area (Å²) < 4.78 is 7.24. The number of para-hydroxylation sites is 1. The highest BCUT2D eigenvalue weighted by atomic mass is 32.2. The second-order valence-corrected chi connectivity index (χ2v) is 7.18. The van der Waals surface area contributed by atoms with Crippen molar-refractivity contribution in [3.8, 4) is 11.4 Å². The zero-order chi connectivity index (χ0) is 19.0. The molecule has 7 heteroatoms. The number of hydrogen-bond acceptors (Lipinski definition) is 6. The van der Waals surface area contributed by atoms with Crippen LogP contribution in [-0.4, -0.2) is 19.9 Å². The van der Waals surface area contributed by atoms with E-state index in [-0.39, 0.29) is 5.75 Å². The van der Waals surface area contributed by atoms with Crippen molar-refractivity contribution in [1.82, 2.24) is 14.8 Å². The van der Waals surface area contributed by atoms with Gasteiger partial charge in [-0.2, -0.15) is 0 Å². The number of rotatable bonds is 4. The molecule has 0 aliphatic carbocycles. The van der Waals surface area contributed by atoms with Gasteiger partial charge in [-0.1, -0.05) is 30.0 Å². The third-order valence-corrected chi connectivity index (χ3v) is 5.46.